The molecule has 0 spiro atoms. The molecule has 2 heterocycles. The van der Waals surface area contributed by atoms with E-state index in [-0.39, 0.29) is 16.5 Å². The summed E-state index contributed by atoms with van der Waals surface area (Å²) in [6.07, 6.45) is 3.47. The Labute approximate surface area is 115 Å². The number of aryl methyl sites for hydroxylation is 1. The molecule has 1 aromatic heterocycles. The lowest BCUT2D eigenvalue weighted by Crippen LogP contribution is -2.55. The first-order valence-electron chi connectivity index (χ1n) is 6.63. The van der Waals surface area contributed by atoms with E-state index in [9.17, 15) is 8.42 Å². The molecule has 0 amide bonds. The Bertz CT molecular complexity index is 542. The van der Waals surface area contributed by atoms with Gasteiger partial charge in [0, 0.05) is 37.1 Å². The first-order valence-corrected chi connectivity index (χ1v) is 8.35. The maximum atomic E-state index is 12.2. The Morgan fingerprint density at radius 2 is 2.11 bits per heavy atom. The Balaban J connectivity index is 2.18. The highest BCUT2D eigenvalue weighted by Gasteiger charge is 2.37. The number of nitrogens with zero attached hydrogens (tertiary/aromatic N) is 3. The highest BCUT2D eigenvalue weighted by molar-refractivity contribution is 7.92. The quantitative estimate of drug-likeness (QED) is 0.816. The van der Waals surface area contributed by atoms with Gasteiger partial charge in [-0.3, -0.25) is 4.90 Å². The maximum Gasteiger partial charge on any atom is 0.157 e. The summed E-state index contributed by atoms with van der Waals surface area (Å²) in [7, 11) is -3.00. The van der Waals surface area contributed by atoms with Gasteiger partial charge in [0.1, 0.15) is 0 Å². The first-order chi connectivity index (χ1) is 8.70. The molecule has 1 aromatic rings. The topological polar surface area (TPSA) is 55.2 Å². The van der Waals surface area contributed by atoms with Gasteiger partial charge in [-0.05, 0) is 27.7 Å². The summed E-state index contributed by atoms with van der Waals surface area (Å²) >= 11 is 0. The zero-order valence-electron chi connectivity index (χ0n) is 12.1. The predicted octanol–water partition coefficient (Wildman–Crippen LogP) is 1.09. The van der Waals surface area contributed by atoms with Crippen LogP contribution < -0.4 is 0 Å². The predicted molar refractivity (Wildman–Crippen MR) is 75.9 cm³/mol. The fourth-order valence-electron chi connectivity index (χ4n) is 2.43. The second-order valence-corrected chi connectivity index (χ2v) is 8.69. The van der Waals surface area contributed by atoms with E-state index in [1.165, 1.54) is 0 Å². The molecule has 0 aliphatic carbocycles. The lowest BCUT2D eigenvalue weighted by molar-refractivity contribution is 0.136. The highest BCUT2D eigenvalue weighted by atomic mass is 32.2. The summed E-state index contributed by atoms with van der Waals surface area (Å²) in [6.45, 7) is 10.1. The van der Waals surface area contributed by atoms with E-state index in [0.717, 1.165) is 5.69 Å². The summed E-state index contributed by atoms with van der Waals surface area (Å²) in [5.41, 5.74) is 1.01. The Morgan fingerprint density at radius 3 is 2.63 bits per heavy atom. The lowest BCUT2D eigenvalue weighted by atomic mass is 10.1. The van der Waals surface area contributed by atoms with Gasteiger partial charge in [-0.2, -0.15) is 0 Å². The Kier molecular flexibility index (Phi) is 3.75. The molecule has 5 nitrogen and oxygen atoms in total. The van der Waals surface area contributed by atoms with Crippen LogP contribution in [0.15, 0.2) is 12.5 Å². The van der Waals surface area contributed by atoms with Crippen LogP contribution in [0, 0.1) is 6.92 Å². The van der Waals surface area contributed by atoms with Crippen molar-refractivity contribution in [2.75, 3.05) is 18.8 Å². The van der Waals surface area contributed by atoms with Gasteiger partial charge < -0.3 is 4.57 Å². The third-order valence-electron chi connectivity index (χ3n) is 3.85. The standard InChI is InChI=1S/C13H23N3O2S/c1-11-7-14-10-15(11)8-12-9-16(13(2,3)4)5-6-19(12,17)18/h7,10,12H,5-6,8-9H2,1-4H3. The summed E-state index contributed by atoms with van der Waals surface area (Å²) in [5, 5.41) is -0.339. The van der Waals surface area contributed by atoms with Gasteiger partial charge in [0.2, 0.25) is 0 Å². The van der Waals surface area contributed by atoms with Gasteiger partial charge in [0.25, 0.3) is 0 Å². The summed E-state index contributed by atoms with van der Waals surface area (Å²) in [5.74, 6) is 0.253. The minimum absolute atomic E-state index is 0.0121. The van der Waals surface area contributed by atoms with Gasteiger partial charge in [-0.25, -0.2) is 13.4 Å². The molecule has 1 fully saturated rings. The molecule has 0 radical (unpaired) electrons. The Hall–Kier alpha value is -0.880. The smallest absolute Gasteiger partial charge is 0.157 e. The number of sulfone groups is 1. The normalized spacial score (nSPS) is 24.5. The number of aromatic nitrogens is 2. The van der Waals surface area contributed by atoms with Crippen molar-refractivity contribution in [1.29, 1.82) is 0 Å². The largest absolute Gasteiger partial charge is 0.334 e. The second-order valence-electron chi connectivity index (χ2n) is 6.29. The molecule has 19 heavy (non-hydrogen) atoms. The molecule has 0 N–H and O–H groups in total. The fraction of sp³-hybridized carbons (Fsp3) is 0.769. The summed E-state index contributed by atoms with van der Waals surface area (Å²) in [4.78, 5) is 6.31. The zero-order valence-corrected chi connectivity index (χ0v) is 12.9. The van der Waals surface area contributed by atoms with Crippen molar-refractivity contribution in [3.63, 3.8) is 0 Å². The van der Waals surface area contributed by atoms with Crippen molar-refractivity contribution >= 4 is 9.84 Å². The molecule has 0 bridgehead atoms. The maximum absolute atomic E-state index is 12.2. The molecule has 2 rings (SSSR count). The van der Waals surface area contributed by atoms with E-state index < -0.39 is 9.84 Å². The van der Waals surface area contributed by atoms with Crippen LogP contribution in [0.3, 0.4) is 0 Å². The van der Waals surface area contributed by atoms with Crippen LogP contribution in [0.2, 0.25) is 0 Å². The average Bonchev–Trinajstić information content (AvgIpc) is 2.65. The highest BCUT2D eigenvalue weighted by Crippen LogP contribution is 2.22. The summed E-state index contributed by atoms with van der Waals surface area (Å²) < 4.78 is 26.4. The van der Waals surface area contributed by atoms with E-state index in [0.29, 0.717) is 19.6 Å². The van der Waals surface area contributed by atoms with Gasteiger partial charge in [0.15, 0.2) is 9.84 Å². The monoisotopic (exact) mass is 285 g/mol. The number of rotatable bonds is 2. The lowest BCUT2D eigenvalue weighted by Gasteiger charge is -2.41. The summed E-state index contributed by atoms with van der Waals surface area (Å²) in [6, 6.07) is 0. The Morgan fingerprint density at radius 1 is 1.42 bits per heavy atom. The van der Waals surface area contributed by atoms with Gasteiger partial charge in [0.05, 0.1) is 17.3 Å². The fourth-order valence-corrected chi connectivity index (χ4v) is 4.04. The van der Waals surface area contributed by atoms with Gasteiger partial charge in [-0.1, -0.05) is 0 Å². The zero-order chi connectivity index (χ0) is 14.3. The number of hydrogen-bond acceptors (Lipinski definition) is 4. The molecule has 0 aromatic carbocycles. The molecule has 1 aliphatic rings. The van der Waals surface area contributed by atoms with E-state index in [1.54, 1.807) is 12.5 Å². The van der Waals surface area contributed by atoms with Crippen molar-refractivity contribution in [3.05, 3.63) is 18.2 Å². The number of hydrogen-bond donors (Lipinski definition) is 0. The molecule has 1 aliphatic heterocycles. The van der Waals surface area contributed by atoms with E-state index in [2.05, 4.69) is 30.7 Å². The SMILES string of the molecule is Cc1cncn1CC1CN(C(C)(C)C)CCS1(=O)=O. The second kappa shape index (κ2) is 4.90. The van der Waals surface area contributed by atoms with Crippen LogP contribution in [0.25, 0.3) is 0 Å². The van der Waals surface area contributed by atoms with Crippen LogP contribution in [-0.2, 0) is 16.4 Å². The van der Waals surface area contributed by atoms with E-state index in [4.69, 9.17) is 0 Å². The van der Waals surface area contributed by atoms with Crippen molar-refractivity contribution < 1.29 is 8.42 Å². The van der Waals surface area contributed by atoms with E-state index >= 15 is 0 Å². The van der Waals surface area contributed by atoms with Crippen molar-refractivity contribution in [1.82, 2.24) is 14.5 Å². The molecule has 1 unspecified atom stereocenters. The van der Waals surface area contributed by atoms with Crippen LogP contribution >= 0.6 is 0 Å². The molecule has 1 saturated heterocycles. The van der Waals surface area contributed by atoms with Crippen LogP contribution in [0.4, 0.5) is 0 Å². The van der Waals surface area contributed by atoms with Gasteiger partial charge >= 0.3 is 0 Å². The molecule has 1 atom stereocenters. The minimum Gasteiger partial charge on any atom is -0.334 e. The van der Waals surface area contributed by atoms with Crippen molar-refractivity contribution in [2.45, 2.75) is 45.0 Å². The van der Waals surface area contributed by atoms with Crippen LogP contribution in [0.5, 0.6) is 0 Å². The molecule has 108 valence electrons. The van der Waals surface area contributed by atoms with Crippen LogP contribution in [-0.4, -0.2) is 52.5 Å². The molecular formula is C13H23N3O2S. The molecular weight excluding hydrogens is 262 g/mol. The third kappa shape index (κ3) is 3.17. The van der Waals surface area contributed by atoms with E-state index in [1.807, 2.05) is 11.5 Å². The molecule has 0 saturated carbocycles. The third-order valence-corrected chi connectivity index (χ3v) is 5.91. The first kappa shape index (κ1) is 14.5. The van der Waals surface area contributed by atoms with Crippen molar-refractivity contribution in [3.8, 4) is 0 Å². The van der Waals surface area contributed by atoms with Gasteiger partial charge in [-0.15, -0.1) is 0 Å². The van der Waals surface area contributed by atoms with Crippen LogP contribution in [0.1, 0.15) is 26.5 Å². The molecule has 6 heteroatoms. The number of imidazole rings is 1. The average molecular weight is 285 g/mol. The minimum atomic E-state index is -3.00. The van der Waals surface area contributed by atoms with Crippen molar-refractivity contribution in [2.24, 2.45) is 0 Å².